The first kappa shape index (κ1) is 13.5. The minimum Gasteiger partial charge on any atom is -0.395 e. The number of aliphatic hydroxyl groups is 1. The van der Waals surface area contributed by atoms with Gasteiger partial charge in [0.05, 0.1) is 13.2 Å². The van der Waals surface area contributed by atoms with Gasteiger partial charge in [0.15, 0.2) is 0 Å². The van der Waals surface area contributed by atoms with Gasteiger partial charge in [-0.25, -0.2) is 0 Å². The average molecular weight is 228 g/mol. The van der Waals surface area contributed by atoms with E-state index < -0.39 is 0 Å². The van der Waals surface area contributed by atoms with Crippen molar-refractivity contribution in [2.24, 2.45) is 0 Å². The first-order chi connectivity index (χ1) is 7.65. The summed E-state index contributed by atoms with van der Waals surface area (Å²) in [6, 6.07) is 0.678. The summed E-state index contributed by atoms with van der Waals surface area (Å²) < 4.78 is 0. The zero-order chi connectivity index (χ0) is 12.0. The van der Waals surface area contributed by atoms with Crippen LogP contribution in [0.1, 0.15) is 39.5 Å². The lowest BCUT2D eigenvalue weighted by molar-refractivity contribution is -0.133. The molecule has 0 heterocycles. The van der Waals surface area contributed by atoms with Crippen LogP contribution in [0.5, 0.6) is 0 Å². The van der Waals surface area contributed by atoms with Crippen molar-refractivity contribution in [2.45, 2.75) is 51.6 Å². The zero-order valence-electron chi connectivity index (χ0n) is 10.4. The molecule has 1 amide bonds. The number of hydrogen-bond acceptors (Lipinski definition) is 3. The Morgan fingerprint density at radius 3 is 2.56 bits per heavy atom. The molecule has 0 spiro atoms. The van der Waals surface area contributed by atoms with E-state index in [1.54, 1.807) is 0 Å². The highest BCUT2D eigenvalue weighted by Crippen LogP contribution is 2.23. The molecule has 1 aliphatic carbocycles. The van der Waals surface area contributed by atoms with Crippen molar-refractivity contribution in [1.82, 2.24) is 10.2 Å². The Balaban J connectivity index is 2.44. The predicted octanol–water partition coefficient (Wildman–Crippen LogP) is 0.748. The third-order valence-corrected chi connectivity index (χ3v) is 3.09. The van der Waals surface area contributed by atoms with Gasteiger partial charge in [0.2, 0.25) is 5.91 Å². The number of hydrogen-bond donors (Lipinski definition) is 2. The molecule has 1 saturated carbocycles. The quantitative estimate of drug-likeness (QED) is 0.705. The molecular formula is C12H24N2O2. The smallest absolute Gasteiger partial charge is 0.236 e. The first-order valence-corrected chi connectivity index (χ1v) is 6.29. The maximum atomic E-state index is 12.0. The summed E-state index contributed by atoms with van der Waals surface area (Å²) >= 11 is 0. The van der Waals surface area contributed by atoms with Gasteiger partial charge in [-0.1, -0.05) is 26.7 Å². The summed E-state index contributed by atoms with van der Waals surface area (Å²) in [6.07, 6.45) is 4.59. The van der Waals surface area contributed by atoms with E-state index in [0.29, 0.717) is 25.2 Å². The van der Waals surface area contributed by atoms with Crippen molar-refractivity contribution in [3.8, 4) is 0 Å². The van der Waals surface area contributed by atoms with Gasteiger partial charge in [-0.2, -0.15) is 0 Å². The van der Waals surface area contributed by atoms with E-state index in [4.69, 9.17) is 5.11 Å². The van der Waals surface area contributed by atoms with Gasteiger partial charge in [0.25, 0.3) is 0 Å². The maximum absolute atomic E-state index is 12.0. The Morgan fingerprint density at radius 2 is 2.06 bits per heavy atom. The zero-order valence-corrected chi connectivity index (χ0v) is 10.4. The van der Waals surface area contributed by atoms with Gasteiger partial charge < -0.3 is 15.3 Å². The Morgan fingerprint density at radius 1 is 1.44 bits per heavy atom. The predicted molar refractivity (Wildman–Crippen MR) is 64.2 cm³/mol. The molecule has 1 aliphatic rings. The highest BCUT2D eigenvalue weighted by molar-refractivity contribution is 5.78. The fourth-order valence-corrected chi connectivity index (χ4v) is 2.23. The molecule has 0 bridgehead atoms. The third-order valence-electron chi connectivity index (χ3n) is 3.09. The van der Waals surface area contributed by atoms with Crippen LogP contribution in [0.3, 0.4) is 0 Å². The van der Waals surface area contributed by atoms with Crippen LogP contribution in [-0.2, 0) is 4.79 Å². The van der Waals surface area contributed by atoms with Crippen molar-refractivity contribution in [1.29, 1.82) is 0 Å². The van der Waals surface area contributed by atoms with E-state index in [-0.39, 0.29) is 12.5 Å². The lowest BCUT2D eigenvalue weighted by Gasteiger charge is -2.28. The van der Waals surface area contributed by atoms with Crippen LogP contribution < -0.4 is 5.32 Å². The highest BCUT2D eigenvalue weighted by atomic mass is 16.3. The standard InChI is InChI=1S/C12H24N2O2/c1-10(2)13-9-12(16)14(7-8-15)11-5-3-4-6-11/h10-11,13,15H,3-9H2,1-2H3. The molecule has 0 aromatic carbocycles. The van der Waals surface area contributed by atoms with Crippen molar-refractivity contribution in [3.63, 3.8) is 0 Å². The van der Waals surface area contributed by atoms with E-state index in [1.807, 2.05) is 18.7 Å². The Kier molecular flexibility index (Phi) is 5.77. The molecule has 0 aromatic heterocycles. The summed E-state index contributed by atoms with van der Waals surface area (Å²) in [6.45, 7) is 4.97. The lowest BCUT2D eigenvalue weighted by Crippen LogP contribution is -2.46. The summed E-state index contributed by atoms with van der Waals surface area (Å²) in [5, 5.41) is 12.1. The average Bonchev–Trinajstić information content (AvgIpc) is 2.75. The monoisotopic (exact) mass is 228 g/mol. The molecule has 2 N–H and O–H groups in total. The Labute approximate surface area is 98.0 Å². The fourth-order valence-electron chi connectivity index (χ4n) is 2.23. The molecule has 94 valence electrons. The Bertz CT molecular complexity index is 213. The van der Waals surface area contributed by atoms with Crippen molar-refractivity contribution in [2.75, 3.05) is 19.7 Å². The number of amides is 1. The number of carbonyl (C=O) groups excluding carboxylic acids is 1. The van der Waals surface area contributed by atoms with Gasteiger partial charge >= 0.3 is 0 Å². The second-order valence-electron chi connectivity index (χ2n) is 4.78. The van der Waals surface area contributed by atoms with Gasteiger partial charge in [0, 0.05) is 18.6 Å². The van der Waals surface area contributed by atoms with E-state index >= 15 is 0 Å². The molecule has 1 fully saturated rings. The third kappa shape index (κ3) is 4.10. The summed E-state index contributed by atoms with van der Waals surface area (Å²) in [7, 11) is 0. The molecule has 16 heavy (non-hydrogen) atoms. The van der Waals surface area contributed by atoms with E-state index in [1.165, 1.54) is 12.8 Å². The Hall–Kier alpha value is -0.610. The molecule has 0 atom stereocenters. The van der Waals surface area contributed by atoms with Crippen molar-refractivity contribution in [3.05, 3.63) is 0 Å². The molecule has 0 unspecified atom stereocenters. The van der Waals surface area contributed by atoms with Gasteiger partial charge in [-0.3, -0.25) is 4.79 Å². The van der Waals surface area contributed by atoms with Gasteiger partial charge in [-0.05, 0) is 12.8 Å². The molecule has 0 aromatic rings. The fraction of sp³-hybridized carbons (Fsp3) is 0.917. The second kappa shape index (κ2) is 6.86. The topological polar surface area (TPSA) is 52.6 Å². The minimum absolute atomic E-state index is 0.0594. The molecule has 0 saturated heterocycles. The molecular weight excluding hydrogens is 204 g/mol. The maximum Gasteiger partial charge on any atom is 0.236 e. The van der Waals surface area contributed by atoms with Crippen molar-refractivity contribution < 1.29 is 9.90 Å². The van der Waals surface area contributed by atoms with Gasteiger partial charge in [0.1, 0.15) is 0 Å². The van der Waals surface area contributed by atoms with Crippen LogP contribution in [0.4, 0.5) is 0 Å². The van der Waals surface area contributed by atoms with E-state index in [2.05, 4.69) is 5.32 Å². The van der Waals surface area contributed by atoms with Gasteiger partial charge in [-0.15, -0.1) is 0 Å². The van der Waals surface area contributed by atoms with Crippen LogP contribution in [0, 0.1) is 0 Å². The highest BCUT2D eigenvalue weighted by Gasteiger charge is 2.25. The number of nitrogens with zero attached hydrogens (tertiary/aromatic N) is 1. The summed E-state index contributed by atoms with van der Waals surface area (Å²) in [5.41, 5.74) is 0. The summed E-state index contributed by atoms with van der Waals surface area (Å²) in [5.74, 6) is 0.120. The molecule has 0 aliphatic heterocycles. The first-order valence-electron chi connectivity index (χ1n) is 6.29. The van der Waals surface area contributed by atoms with Crippen molar-refractivity contribution >= 4 is 5.91 Å². The number of rotatable bonds is 6. The molecule has 1 rings (SSSR count). The van der Waals surface area contributed by atoms with E-state index in [9.17, 15) is 4.79 Å². The van der Waals surface area contributed by atoms with Crippen LogP contribution >= 0.6 is 0 Å². The van der Waals surface area contributed by atoms with Crippen LogP contribution in [0.2, 0.25) is 0 Å². The largest absolute Gasteiger partial charge is 0.395 e. The minimum atomic E-state index is 0.0594. The molecule has 4 nitrogen and oxygen atoms in total. The normalized spacial score (nSPS) is 17.0. The number of carbonyl (C=O) groups is 1. The molecule has 0 radical (unpaired) electrons. The SMILES string of the molecule is CC(C)NCC(=O)N(CCO)C1CCCC1. The van der Waals surface area contributed by atoms with Crippen LogP contribution in [0.15, 0.2) is 0 Å². The number of nitrogens with one attached hydrogen (secondary N) is 1. The van der Waals surface area contributed by atoms with Crippen LogP contribution in [-0.4, -0.2) is 47.7 Å². The number of aliphatic hydroxyl groups excluding tert-OH is 1. The van der Waals surface area contributed by atoms with E-state index in [0.717, 1.165) is 12.8 Å². The lowest BCUT2D eigenvalue weighted by atomic mass is 10.2. The van der Waals surface area contributed by atoms with Crippen LogP contribution in [0.25, 0.3) is 0 Å². The molecule has 4 heteroatoms. The second-order valence-corrected chi connectivity index (χ2v) is 4.78. The summed E-state index contributed by atoms with van der Waals surface area (Å²) in [4.78, 5) is 13.8.